The number of aromatic amines is 1. The molecule has 5 fully saturated rings. The van der Waals surface area contributed by atoms with Crippen LogP contribution in [0.25, 0.3) is 11.0 Å². The summed E-state index contributed by atoms with van der Waals surface area (Å²) in [6.07, 6.45) is 14.4. The summed E-state index contributed by atoms with van der Waals surface area (Å²) in [7, 11) is 0. The molecule has 0 radical (unpaired) electrons. The Morgan fingerprint density at radius 2 is 2.04 bits per heavy atom. The van der Waals surface area contributed by atoms with Crippen LogP contribution >= 0.6 is 0 Å². The summed E-state index contributed by atoms with van der Waals surface area (Å²) >= 11 is 0. The van der Waals surface area contributed by atoms with Crippen LogP contribution in [0.4, 0.5) is 0 Å². The molecule has 0 aromatic carbocycles. The zero-order valence-electron chi connectivity index (χ0n) is 16.2. The summed E-state index contributed by atoms with van der Waals surface area (Å²) in [6.45, 7) is 2.46. The lowest BCUT2D eigenvalue weighted by Gasteiger charge is -2.60. The molecule has 2 aromatic heterocycles. The van der Waals surface area contributed by atoms with Crippen LogP contribution in [0.15, 0.2) is 18.5 Å². The molecule has 2 atom stereocenters. The van der Waals surface area contributed by atoms with Crippen LogP contribution in [-0.4, -0.2) is 32.9 Å². The molecule has 142 valence electrons. The molecule has 2 aliphatic heterocycles. The van der Waals surface area contributed by atoms with E-state index in [0.29, 0.717) is 35.7 Å². The first-order valence-corrected chi connectivity index (χ1v) is 10.9. The molecular weight excluding hydrogens is 334 g/mol. The molecule has 7 rings (SSSR count). The van der Waals surface area contributed by atoms with Gasteiger partial charge in [-0.25, -0.2) is 4.98 Å². The number of piperidine rings is 2. The van der Waals surface area contributed by atoms with E-state index in [4.69, 9.17) is 0 Å². The number of hydrogen-bond acceptors (Lipinski definition) is 2. The molecule has 4 heteroatoms. The molecule has 4 bridgehead atoms. The van der Waals surface area contributed by atoms with Crippen LogP contribution in [0.1, 0.15) is 75.3 Å². The highest BCUT2D eigenvalue weighted by atomic mass is 16.2. The fraction of sp³-hybridized carbons (Fsp3) is 0.652. The largest absolute Gasteiger partial charge is 0.346 e. The van der Waals surface area contributed by atoms with Crippen molar-refractivity contribution in [2.75, 3.05) is 0 Å². The molecule has 2 unspecified atom stereocenters. The van der Waals surface area contributed by atoms with Crippen LogP contribution in [0.2, 0.25) is 0 Å². The first-order chi connectivity index (χ1) is 13.1. The smallest absolute Gasteiger partial charge is 0.223 e. The van der Waals surface area contributed by atoms with Gasteiger partial charge in [-0.15, -0.1) is 0 Å². The summed E-state index contributed by atoms with van der Waals surface area (Å²) in [5.41, 5.74) is 4.22. The molecule has 4 nitrogen and oxygen atoms in total. The second-order valence-electron chi connectivity index (χ2n) is 10.1. The molecule has 2 saturated heterocycles. The van der Waals surface area contributed by atoms with Gasteiger partial charge in [0.25, 0.3) is 0 Å². The van der Waals surface area contributed by atoms with E-state index in [1.165, 1.54) is 61.5 Å². The molecule has 3 aliphatic carbocycles. The van der Waals surface area contributed by atoms with Crippen LogP contribution < -0.4 is 0 Å². The lowest BCUT2D eigenvalue weighted by molar-refractivity contribution is -0.156. The number of H-pyrrole nitrogens is 1. The van der Waals surface area contributed by atoms with E-state index in [1.807, 2.05) is 6.20 Å². The second-order valence-corrected chi connectivity index (χ2v) is 10.1. The Labute approximate surface area is 160 Å². The zero-order chi connectivity index (χ0) is 18.2. The number of nitrogens with one attached hydrogen (secondary N) is 1. The zero-order valence-corrected chi connectivity index (χ0v) is 16.2. The van der Waals surface area contributed by atoms with Gasteiger partial charge in [0, 0.05) is 36.3 Å². The van der Waals surface area contributed by atoms with Crippen molar-refractivity contribution in [2.45, 2.75) is 82.7 Å². The number of aryl methyl sites for hydroxylation is 1. The van der Waals surface area contributed by atoms with E-state index in [1.54, 1.807) is 0 Å². The van der Waals surface area contributed by atoms with E-state index >= 15 is 0 Å². The number of pyridine rings is 1. The molecule has 1 N–H and O–H groups in total. The fourth-order valence-corrected chi connectivity index (χ4v) is 6.87. The minimum atomic E-state index is 0.388. The number of hydrogen-bond donors (Lipinski definition) is 1. The van der Waals surface area contributed by atoms with E-state index in [-0.39, 0.29) is 0 Å². The maximum Gasteiger partial charge on any atom is 0.223 e. The minimum Gasteiger partial charge on any atom is -0.346 e. The molecule has 3 saturated carbocycles. The van der Waals surface area contributed by atoms with Gasteiger partial charge in [-0.1, -0.05) is 6.92 Å². The molecule has 1 amide bonds. The normalized spacial score (nSPS) is 34.6. The van der Waals surface area contributed by atoms with Gasteiger partial charge in [-0.2, -0.15) is 0 Å². The van der Waals surface area contributed by atoms with Gasteiger partial charge in [0.05, 0.1) is 0 Å². The Kier molecular flexibility index (Phi) is 3.34. The number of amides is 1. The number of rotatable bonds is 4. The third kappa shape index (κ3) is 2.55. The topological polar surface area (TPSA) is 49.0 Å². The monoisotopic (exact) mass is 363 g/mol. The number of nitrogens with zero attached hydrogens (tertiary/aromatic N) is 2. The average Bonchev–Trinajstić information content (AvgIpc) is 3.38. The predicted molar refractivity (Wildman–Crippen MR) is 105 cm³/mol. The van der Waals surface area contributed by atoms with E-state index in [9.17, 15) is 4.79 Å². The summed E-state index contributed by atoms with van der Waals surface area (Å²) < 4.78 is 0. The second kappa shape index (κ2) is 5.59. The molecule has 0 spiro atoms. The molecule has 2 aromatic rings. The van der Waals surface area contributed by atoms with Crippen molar-refractivity contribution in [1.82, 2.24) is 14.9 Å². The predicted octanol–water partition coefficient (Wildman–Crippen LogP) is 4.55. The molecule has 4 heterocycles. The van der Waals surface area contributed by atoms with Crippen LogP contribution in [0.3, 0.4) is 0 Å². The highest BCUT2D eigenvalue weighted by Crippen LogP contribution is 2.56. The van der Waals surface area contributed by atoms with Crippen molar-refractivity contribution < 1.29 is 4.79 Å². The Morgan fingerprint density at radius 3 is 2.74 bits per heavy atom. The van der Waals surface area contributed by atoms with E-state index < -0.39 is 0 Å². The minimum absolute atomic E-state index is 0.388. The third-order valence-electron chi connectivity index (χ3n) is 7.84. The van der Waals surface area contributed by atoms with Crippen LogP contribution in [-0.2, 0) is 11.2 Å². The van der Waals surface area contributed by atoms with Crippen molar-refractivity contribution in [3.05, 3.63) is 29.6 Å². The van der Waals surface area contributed by atoms with Gasteiger partial charge >= 0.3 is 0 Å². The Balaban J connectivity index is 1.21. The lowest BCUT2D eigenvalue weighted by Crippen LogP contribution is -2.62. The van der Waals surface area contributed by atoms with Gasteiger partial charge in [-0.05, 0) is 85.8 Å². The maximum absolute atomic E-state index is 13.2. The van der Waals surface area contributed by atoms with E-state index in [2.05, 4.69) is 34.1 Å². The van der Waals surface area contributed by atoms with Crippen molar-refractivity contribution >= 4 is 16.9 Å². The fourth-order valence-electron chi connectivity index (χ4n) is 6.87. The number of fused-ring (bicyclic) bond motifs is 1. The van der Waals surface area contributed by atoms with Gasteiger partial charge in [0.15, 0.2) is 0 Å². The van der Waals surface area contributed by atoms with Gasteiger partial charge in [0.1, 0.15) is 5.65 Å². The molecule has 5 aliphatic rings. The lowest BCUT2D eigenvalue weighted by atomic mass is 9.56. The quantitative estimate of drug-likeness (QED) is 0.866. The first-order valence-electron chi connectivity index (χ1n) is 10.9. The van der Waals surface area contributed by atoms with Crippen LogP contribution in [0.5, 0.6) is 0 Å². The highest BCUT2D eigenvalue weighted by Gasteiger charge is 2.53. The number of aromatic nitrogens is 2. The van der Waals surface area contributed by atoms with Gasteiger partial charge in [-0.3, -0.25) is 4.79 Å². The van der Waals surface area contributed by atoms with Crippen molar-refractivity contribution in [1.29, 1.82) is 0 Å². The standard InChI is InChI=1S/C23H29N3O/c1-23-10-14-8-17(11-23)26(18(9-14)12-23)20(27)5-4-16-13-25-22-21(16)19(6-7-24-22)15-2-3-15/h6-7,13-15,17-18H,2-5,8-12H2,1H3,(H,24,25). The number of carbonyl (C=O) groups is 1. The van der Waals surface area contributed by atoms with Gasteiger partial charge < -0.3 is 9.88 Å². The Hall–Kier alpha value is -1.84. The summed E-state index contributed by atoms with van der Waals surface area (Å²) in [4.78, 5) is 23.4. The average molecular weight is 364 g/mol. The van der Waals surface area contributed by atoms with Crippen molar-refractivity contribution in [2.24, 2.45) is 11.3 Å². The highest BCUT2D eigenvalue weighted by molar-refractivity contribution is 5.85. The summed E-state index contributed by atoms with van der Waals surface area (Å²) in [6, 6.07) is 3.21. The summed E-state index contributed by atoms with van der Waals surface area (Å²) in [5.74, 6) is 1.96. The SMILES string of the molecule is CC12CC3CC(C1)N(C(=O)CCc1c[nH]c4nccc(C5CC5)c14)C(C3)C2. The van der Waals surface area contributed by atoms with Crippen LogP contribution in [0, 0.1) is 11.3 Å². The Bertz CT molecular complexity index is 895. The van der Waals surface area contributed by atoms with Gasteiger partial charge in [0.2, 0.25) is 5.91 Å². The van der Waals surface area contributed by atoms with Crippen molar-refractivity contribution in [3.8, 4) is 0 Å². The summed E-state index contributed by atoms with van der Waals surface area (Å²) in [5, 5.41) is 1.29. The molecule has 27 heavy (non-hydrogen) atoms. The van der Waals surface area contributed by atoms with E-state index in [0.717, 1.165) is 18.0 Å². The number of carbonyl (C=O) groups excluding carboxylic acids is 1. The first kappa shape index (κ1) is 16.1. The maximum atomic E-state index is 13.2. The Morgan fingerprint density at radius 1 is 1.26 bits per heavy atom. The third-order valence-corrected chi connectivity index (χ3v) is 7.84. The van der Waals surface area contributed by atoms with Crippen molar-refractivity contribution in [3.63, 3.8) is 0 Å². The molecular formula is C23H29N3O.